The number of aromatic nitrogens is 7. The van der Waals surface area contributed by atoms with Crippen LogP contribution in [0.1, 0.15) is 90.5 Å². The first-order chi connectivity index (χ1) is 26.9. The standard InChI is InChI=1S/C11H12BrN3O2.C10H18O5.C7H10N2.C6H4BrN3.C6H15N.CH4/c1-11(2,3)17-10(16)15-9-4-7(12)5-13-8(9)6-14-15;1-9(2,3)14-7(11)13-8(12)15-10(4,5)6;1-9(2)7-3-5-8-6-4-7;7-4-1-5-6(8-2-4)3-9-10-5;1-4-7(5-2)6-3;/h4-6H,1-3H3;1-6H3;3-6H,1-2H3;1-3H,(H,9,10);4-6H2,1-3H3;1H4. The van der Waals surface area contributed by atoms with Crippen LogP contribution >= 0.6 is 31.9 Å². The molecule has 328 valence electrons. The lowest BCUT2D eigenvalue weighted by molar-refractivity contribution is -0.0294. The summed E-state index contributed by atoms with van der Waals surface area (Å²) in [6.45, 7) is 25.6. The number of rotatable bonds is 4. The van der Waals surface area contributed by atoms with E-state index in [1.165, 1.54) is 36.2 Å². The number of fused-ring (bicyclic) bond motifs is 2. The molecule has 59 heavy (non-hydrogen) atoms. The molecule has 5 rings (SSSR count). The minimum absolute atomic E-state index is 0. The van der Waals surface area contributed by atoms with Crippen molar-refractivity contribution in [2.45, 2.75) is 107 Å². The number of nitrogens with one attached hydrogen (secondary N) is 1. The highest BCUT2D eigenvalue weighted by atomic mass is 79.9. The van der Waals surface area contributed by atoms with Crippen molar-refractivity contribution in [1.29, 1.82) is 0 Å². The van der Waals surface area contributed by atoms with Gasteiger partial charge < -0.3 is 28.7 Å². The number of H-pyrrole nitrogens is 1. The highest BCUT2D eigenvalue weighted by molar-refractivity contribution is 9.10. The van der Waals surface area contributed by atoms with Crippen molar-refractivity contribution in [1.82, 2.24) is 39.8 Å². The van der Waals surface area contributed by atoms with Gasteiger partial charge in [-0.3, -0.25) is 20.1 Å². The van der Waals surface area contributed by atoms with E-state index >= 15 is 0 Å². The first kappa shape index (κ1) is 54.3. The van der Waals surface area contributed by atoms with Gasteiger partial charge in [0, 0.05) is 53.5 Å². The van der Waals surface area contributed by atoms with Crippen molar-refractivity contribution < 1.29 is 33.3 Å². The number of pyridine rings is 3. The Bertz CT molecular complexity index is 1950. The predicted octanol–water partition coefficient (Wildman–Crippen LogP) is 10.7. The van der Waals surface area contributed by atoms with E-state index in [1.807, 2.05) is 58.0 Å². The van der Waals surface area contributed by atoms with Crippen LogP contribution in [0.15, 0.2) is 70.4 Å². The van der Waals surface area contributed by atoms with Crippen molar-refractivity contribution in [2.75, 3.05) is 38.6 Å². The lowest BCUT2D eigenvalue weighted by Gasteiger charge is -2.20. The third-order valence-corrected chi connectivity index (χ3v) is 7.54. The Labute approximate surface area is 366 Å². The smallest absolute Gasteiger partial charge is 0.442 e. The molecule has 5 heterocycles. The number of nitrogens with zero attached hydrogens (tertiary/aromatic N) is 8. The summed E-state index contributed by atoms with van der Waals surface area (Å²) < 4.78 is 22.0. The molecule has 18 heteroatoms. The van der Waals surface area contributed by atoms with Crippen LogP contribution in [0.2, 0.25) is 0 Å². The van der Waals surface area contributed by atoms with Crippen LogP contribution in [0.25, 0.3) is 22.1 Å². The average molecular weight is 954 g/mol. The second kappa shape index (κ2) is 25.7. The normalized spacial score (nSPS) is 10.8. The molecule has 0 aliphatic rings. The number of hydrogen-bond acceptors (Lipinski definition) is 14. The molecule has 0 fully saturated rings. The molecule has 0 saturated heterocycles. The van der Waals surface area contributed by atoms with Crippen molar-refractivity contribution >= 4 is 78.0 Å². The minimum Gasteiger partial charge on any atom is -0.442 e. The fourth-order valence-electron chi connectivity index (χ4n) is 4.06. The van der Waals surface area contributed by atoms with Crippen LogP contribution in [0, 0.1) is 0 Å². The summed E-state index contributed by atoms with van der Waals surface area (Å²) in [6, 6.07) is 7.66. The average Bonchev–Trinajstić information content (AvgIpc) is 3.75. The number of carbonyl (C=O) groups is 3. The third kappa shape index (κ3) is 23.5. The highest BCUT2D eigenvalue weighted by Gasteiger charge is 2.24. The van der Waals surface area contributed by atoms with Crippen LogP contribution in [0.4, 0.5) is 20.1 Å². The second-order valence-corrected chi connectivity index (χ2v) is 17.1. The third-order valence-electron chi connectivity index (χ3n) is 6.68. The second-order valence-electron chi connectivity index (χ2n) is 15.3. The molecule has 0 radical (unpaired) electrons. The molecular weight excluding hydrogens is 890 g/mol. The lowest BCUT2D eigenvalue weighted by Crippen LogP contribution is -2.29. The maximum Gasteiger partial charge on any atom is 0.519 e. The molecule has 0 atom stereocenters. The maximum atomic E-state index is 11.9. The van der Waals surface area contributed by atoms with E-state index in [-0.39, 0.29) is 7.43 Å². The fraction of sp³-hybridized carbons (Fsp3) is 0.512. The summed E-state index contributed by atoms with van der Waals surface area (Å²) in [5, 5.41) is 10.6. The Morgan fingerprint density at radius 1 is 0.712 bits per heavy atom. The van der Waals surface area contributed by atoms with E-state index in [2.05, 4.69) is 92.5 Å². The molecule has 16 nitrogen and oxygen atoms in total. The van der Waals surface area contributed by atoms with Gasteiger partial charge in [0.25, 0.3) is 0 Å². The first-order valence-electron chi connectivity index (χ1n) is 18.5. The van der Waals surface area contributed by atoms with Gasteiger partial charge in [0.05, 0.1) is 17.9 Å². The van der Waals surface area contributed by atoms with Crippen molar-refractivity contribution in [3.05, 3.63) is 70.4 Å². The minimum atomic E-state index is -1.06. The number of halogens is 2. The number of anilines is 1. The van der Waals surface area contributed by atoms with Crippen LogP contribution in [-0.2, 0) is 18.9 Å². The molecule has 0 aromatic carbocycles. The van der Waals surface area contributed by atoms with Gasteiger partial charge in [-0.05, 0) is 138 Å². The van der Waals surface area contributed by atoms with Crippen LogP contribution < -0.4 is 4.90 Å². The van der Waals surface area contributed by atoms with Crippen LogP contribution in [0.3, 0.4) is 0 Å². The van der Waals surface area contributed by atoms with Gasteiger partial charge >= 0.3 is 18.4 Å². The van der Waals surface area contributed by atoms with E-state index in [9.17, 15) is 14.4 Å². The SMILES string of the molecule is Brc1cnc2cn[nH]c2c1.C.CC(C)(C)OC(=O)OC(=O)OC(C)(C)C.CC(C)(C)OC(=O)n1ncc2ncc(Br)cc21.CCN(CC)CC.CN(C)c1ccncc1. The summed E-state index contributed by atoms with van der Waals surface area (Å²) in [5.74, 6) is 0. The Kier molecular flexibility index (Phi) is 23.7. The summed E-state index contributed by atoms with van der Waals surface area (Å²) in [6.07, 6.45) is 7.58. The zero-order valence-corrected chi connectivity index (χ0v) is 39.3. The van der Waals surface area contributed by atoms with E-state index < -0.39 is 35.2 Å². The maximum absolute atomic E-state index is 11.9. The fourth-order valence-corrected chi connectivity index (χ4v) is 4.71. The van der Waals surface area contributed by atoms with E-state index in [0.29, 0.717) is 11.0 Å². The van der Waals surface area contributed by atoms with Gasteiger partial charge in [-0.15, -0.1) is 0 Å². The topological polar surface area (TPSA) is 180 Å². The summed E-state index contributed by atoms with van der Waals surface area (Å²) in [7, 11) is 4.02. The molecule has 0 amide bonds. The molecule has 0 spiro atoms. The molecule has 0 aliphatic carbocycles. The quantitative estimate of drug-likeness (QED) is 0.102. The summed E-state index contributed by atoms with van der Waals surface area (Å²) in [4.78, 5) is 50.5. The van der Waals surface area contributed by atoms with Gasteiger partial charge in [-0.2, -0.15) is 14.9 Å². The van der Waals surface area contributed by atoms with Crippen molar-refractivity contribution in [2.24, 2.45) is 0 Å². The van der Waals surface area contributed by atoms with Gasteiger partial charge in [0.15, 0.2) is 0 Å². The molecular formula is C41H63Br2N9O7. The van der Waals surface area contributed by atoms with Crippen LogP contribution in [-0.4, -0.2) is 109 Å². The van der Waals surface area contributed by atoms with Gasteiger partial charge in [-0.1, -0.05) is 28.2 Å². The van der Waals surface area contributed by atoms with Crippen LogP contribution in [0.5, 0.6) is 0 Å². The van der Waals surface area contributed by atoms with Gasteiger partial charge in [0.1, 0.15) is 33.4 Å². The molecule has 5 aromatic heterocycles. The van der Waals surface area contributed by atoms with E-state index in [0.717, 1.165) is 20.0 Å². The number of ether oxygens (including phenoxy) is 4. The van der Waals surface area contributed by atoms with E-state index in [4.69, 9.17) is 14.2 Å². The van der Waals surface area contributed by atoms with Crippen molar-refractivity contribution in [3.63, 3.8) is 0 Å². The highest BCUT2D eigenvalue weighted by Crippen LogP contribution is 2.19. The number of hydrogen-bond donors (Lipinski definition) is 1. The molecule has 0 aliphatic heterocycles. The first-order valence-corrected chi connectivity index (χ1v) is 20.1. The molecule has 0 bridgehead atoms. The largest absolute Gasteiger partial charge is 0.519 e. The monoisotopic (exact) mass is 951 g/mol. The Balaban J connectivity index is 0.000000735. The predicted molar refractivity (Wildman–Crippen MR) is 241 cm³/mol. The van der Waals surface area contributed by atoms with Gasteiger partial charge in [-0.25, -0.2) is 14.4 Å². The Morgan fingerprint density at radius 3 is 1.61 bits per heavy atom. The lowest BCUT2D eigenvalue weighted by atomic mass is 10.2. The van der Waals surface area contributed by atoms with Gasteiger partial charge in [0.2, 0.25) is 0 Å². The van der Waals surface area contributed by atoms with E-state index in [1.54, 1.807) is 78.6 Å². The van der Waals surface area contributed by atoms with Crippen molar-refractivity contribution in [3.8, 4) is 0 Å². The summed E-state index contributed by atoms with van der Waals surface area (Å²) >= 11 is 6.61. The molecule has 0 saturated carbocycles. The molecule has 1 N–H and O–H groups in total. The Hall–Kier alpha value is -4.68. The summed E-state index contributed by atoms with van der Waals surface area (Å²) in [5.41, 5.74) is 2.36. The molecule has 0 unspecified atom stereocenters. The number of carbonyl (C=O) groups excluding carboxylic acids is 3. The molecule has 5 aromatic rings. The zero-order valence-electron chi connectivity index (χ0n) is 36.1. The zero-order chi connectivity index (χ0) is 44.3. The number of aromatic amines is 1. The Morgan fingerprint density at radius 2 is 1.19 bits per heavy atom.